The number of carbonyl (C=O) groups excluding carboxylic acids is 1. The second-order valence-electron chi connectivity index (χ2n) is 5.93. The van der Waals surface area contributed by atoms with Crippen LogP contribution in [0.4, 0.5) is 5.69 Å². The molecule has 1 amide bonds. The van der Waals surface area contributed by atoms with Crippen LogP contribution in [0, 0.1) is 12.8 Å². The molecule has 5 nitrogen and oxygen atoms in total. The van der Waals surface area contributed by atoms with Gasteiger partial charge in [0.15, 0.2) is 0 Å². The van der Waals surface area contributed by atoms with Crippen molar-refractivity contribution in [2.75, 3.05) is 30.0 Å². The Hall–Kier alpha value is -1.69. The number of nitrogens with one attached hydrogen (secondary N) is 1. The molecule has 0 saturated heterocycles. The van der Waals surface area contributed by atoms with Gasteiger partial charge in [0.05, 0.1) is 29.8 Å². The van der Waals surface area contributed by atoms with E-state index in [0.717, 1.165) is 42.3 Å². The van der Waals surface area contributed by atoms with Gasteiger partial charge in [-0.15, -0.1) is 0 Å². The van der Waals surface area contributed by atoms with Gasteiger partial charge in [-0.1, -0.05) is 13.8 Å². The fourth-order valence-corrected chi connectivity index (χ4v) is 2.92. The maximum Gasteiger partial charge on any atom is 0.229 e. The van der Waals surface area contributed by atoms with E-state index in [2.05, 4.69) is 16.7 Å². The first-order valence-corrected chi connectivity index (χ1v) is 9.40. The summed E-state index contributed by atoms with van der Waals surface area (Å²) >= 11 is 1.81. The maximum absolute atomic E-state index is 12.6. The molecule has 0 aromatic carbocycles. The van der Waals surface area contributed by atoms with Gasteiger partial charge in [-0.05, 0) is 43.7 Å². The van der Waals surface area contributed by atoms with Crippen molar-refractivity contribution >= 4 is 29.1 Å². The average molecular weight is 334 g/mol. The highest BCUT2D eigenvalue weighted by Gasteiger charge is 2.22. The molecule has 2 rings (SSSR count). The van der Waals surface area contributed by atoms with Crippen LogP contribution in [-0.2, 0) is 4.79 Å². The monoisotopic (exact) mass is 334 g/mol. The molecule has 6 heteroatoms. The van der Waals surface area contributed by atoms with E-state index >= 15 is 0 Å². The summed E-state index contributed by atoms with van der Waals surface area (Å²) in [7, 11) is 0. The summed E-state index contributed by atoms with van der Waals surface area (Å²) < 4.78 is 1.87. The first-order chi connectivity index (χ1) is 11.0. The van der Waals surface area contributed by atoms with Crippen molar-refractivity contribution in [1.29, 1.82) is 0 Å². The SMILES string of the molecule is CSCCCN(C(=O)C(C)C)c1cn(C2=CC=CNC2)nc1C. The van der Waals surface area contributed by atoms with Crippen molar-refractivity contribution in [2.24, 2.45) is 5.92 Å². The largest absolute Gasteiger partial charge is 0.385 e. The highest BCUT2D eigenvalue weighted by molar-refractivity contribution is 7.98. The van der Waals surface area contributed by atoms with E-state index in [-0.39, 0.29) is 11.8 Å². The Balaban J connectivity index is 2.26. The number of thioether (sulfide) groups is 1. The van der Waals surface area contributed by atoms with E-state index in [1.165, 1.54) is 0 Å². The lowest BCUT2D eigenvalue weighted by atomic mass is 10.1. The summed E-state index contributed by atoms with van der Waals surface area (Å²) in [6, 6.07) is 0. The number of amides is 1. The lowest BCUT2D eigenvalue weighted by Gasteiger charge is -2.24. The molecule has 2 heterocycles. The number of nitrogens with zero attached hydrogens (tertiary/aromatic N) is 3. The van der Waals surface area contributed by atoms with Crippen molar-refractivity contribution in [3.05, 3.63) is 30.2 Å². The van der Waals surface area contributed by atoms with E-state index in [4.69, 9.17) is 0 Å². The van der Waals surface area contributed by atoms with Crippen LogP contribution in [0.25, 0.3) is 5.70 Å². The number of allylic oxidation sites excluding steroid dienone is 2. The minimum Gasteiger partial charge on any atom is -0.385 e. The molecule has 1 aliphatic heterocycles. The average Bonchev–Trinajstić information content (AvgIpc) is 2.93. The molecular weight excluding hydrogens is 308 g/mol. The van der Waals surface area contributed by atoms with Crippen LogP contribution in [0.1, 0.15) is 26.0 Å². The summed E-state index contributed by atoms with van der Waals surface area (Å²) in [6.07, 6.45) is 11.0. The molecule has 0 spiro atoms. The zero-order valence-corrected chi connectivity index (χ0v) is 15.2. The zero-order valence-electron chi connectivity index (χ0n) is 14.4. The molecular formula is C17H26N4OS. The van der Waals surface area contributed by atoms with E-state index < -0.39 is 0 Å². The first-order valence-electron chi connectivity index (χ1n) is 8.00. The molecule has 0 radical (unpaired) electrons. The van der Waals surface area contributed by atoms with E-state index in [1.54, 1.807) is 0 Å². The molecule has 126 valence electrons. The lowest BCUT2D eigenvalue weighted by molar-refractivity contribution is -0.121. The zero-order chi connectivity index (χ0) is 16.8. The Labute approximate surface area is 142 Å². The third-order valence-corrected chi connectivity index (χ3v) is 4.43. The molecule has 0 aliphatic carbocycles. The molecule has 0 bridgehead atoms. The number of hydrogen-bond donors (Lipinski definition) is 1. The van der Waals surface area contributed by atoms with Crippen molar-refractivity contribution in [1.82, 2.24) is 15.1 Å². The van der Waals surface area contributed by atoms with Crippen LogP contribution in [0.3, 0.4) is 0 Å². The van der Waals surface area contributed by atoms with Crippen LogP contribution >= 0.6 is 11.8 Å². The molecule has 0 unspecified atom stereocenters. The first kappa shape index (κ1) is 17.7. The number of aromatic nitrogens is 2. The van der Waals surface area contributed by atoms with Crippen molar-refractivity contribution in [2.45, 2.75) is 27.2 Å². The smallest absolute Gasteiger partial charge is 0.229 e. The fraction of sp³-hybridized carbons (Fsp3) is 0.529. The van der Waals surface area contributed by atoms with Crippen LogP contribution in [-0.4, -0.2) is 40.8 Å². The summed E-state index contributed by atoms with van der Waals surface area (Å²) in [4.78, 5) is 14.5. The summed E-state index contributed by atoms with van der Waals surface area (Å²) in [5.41, 5.74) is 2.88. The van der Waals surface area contributed by atoms with Crippen LogP contribution < -0.4 is 10.2 Å². The van der Waals surface area contributed by atoms with E-state index in [1.807, 2.05) is 66.7 Å². The number of dihydropyridines is 1. The van der Waals surface area contributed by atoms with Gasteiger partial charge in [0.2, 0.25) is 5.91 Å². The second kappa shape index (κ2) is 8.24. The Morgan fingerprint density at radius 3 is 2.91 bits per heavy atom. The highest BCUT2D eigenvalue weighted by atomic mass is 32.2. The minimum atomic E-state index is -0.0227. The summed E-state index contributed by atoms with van der Waals surface area (Å²) in [6.45, 7) is 7.33. The molecule has 0 fully saturated rings. The van der Waals surface area contributed by atoms with Crippen LogP contribution in [0.5, 0.6) is 0 Å². The van der Waals surface area contributed by atoms with Gasteiger partial charge in [0.25, 0.3) is 0 Å². The quantitative estimate of drug-likeness (QED) is 0.779. The predicted molar refractivity (Wildman–Crippen MR) is 98.6 cm³/mol. The lowest BCUT2D eigenvalue weighted by Crippen LogP contribution is -2.35. The normalized spacial score (nSPS) is 13.9. The van der Waals surface area contributed by atoms with Crippen molar-refractivity contribution in [3.8, 4) is 0 Å². The molecule has 1 N–H and O–H groups in total. The summed E-state index contributed by atoms with van der Waals surface area (Å²) in [5, 5.41) is 7.78. The molecule has 1 aliphatic rings. The maximum atomic E-state index is 12.6. The Morgan fingerprint density at radius 2 is 2.30 bits per heavy atom. The molecule has 0 saturated carbocycles. The number of aryl methyl sites for hydroxylation is 1. The number of rotatable bonds is 7. The number of hydrogen-bond acceptors (Lipinski definition) is 4. The molecule has 23 heavy (non-hydrogen) atoms. The standard InChI is InChI=1S/C17H26N4OS/c1-13(2)17(22)20(9-6-10-23-4)16-12-21(19-14(16)3)15-7-5-8-18-11-15/h5,7-8,12-13,18H,6,9-11H2,1-4H3. The predicted octanol–water partition coefficient (Wildman–Crippen LogP) is 2.89. The van der Waals surface area contributed by atoms with Gasteiger partial charge in [-0.3, -0.25) is 4.79 Å². The number of anilines is 1. The topological polar surface area (TPSA) is 50.2 Å². The molecule has 1 aromatic heterocycles. The third kappa shape index (κ3) is 4.41. The van der Waals surface area contributed by atoms with Crippen LogP contribution in [0.2, 0.25) is 0 Å². The van der Waals surface area contributed by atoms with Gasteiger partial charge in [0, 0.05) is 12.5 Å². The number of carbonyl (C=O) groups is 1. The fourth-order valence-electron chi connectivity index (χ4n) is 2.50. The molecule has 1 aromatic rings. The van der Waals surface area contributed by atoms with Gasteiger partial charge in [-0.2, -0.15) is 16.9 Å². The Bertz CT molecular complexity index is 604. The Morgan fingerprint density at radius 1 is 1.52 bits per heavy atom. The van der Waals surface area contributed by atoms with E-state index in [9.17, 15) is 4.79 Å². The minimum absolute atomic E-state index is 0.0227. The second-order valence-corrected chi connectivity index (χ2v) is 6.92. The van der Waals surface area contributed by atoms with Gasteiger partial charge >= 0.3 is 0 Å². The van der Waals surface area contributed by atoms with E-state index in [0.29, 0.717) is 0 Å². The highest BCUT2D eigenvalue weighted by Crippen LogP contribution is 2.23. The van der Waals surface area contributed by atoms with Gasteiger partial charge in [0.1, 0.15) is 0 Å². The van der Waals surface area contributed by atoms with Gasteiger partial charge < -0.3 is 10.2 Å². The Kier molecular flexibility index (Phi) is 6.33. The summed E-state index contributed by atoms with van der Waals surface area (Å²) in [5.74, 6) is 1.18. The van der Waals surface area contributed by atoms with Gasteiger partial charge in [-0.25, -0.2) is 4.68 Å². The van der Waals surface area contributed by atoms with Crippen molar-refractivity contribution in [3.63, 3.8) is 0 Å². The van der Waals surface area contributed by atoms with Crippen LogP contribution in [0.15, 0.2) is 24.5 Å². The molecule has 0 atom stereocenters. The third-order valence-electron chi connectivity index (χ3n) is 3.73. The van der Waals surface area contributed by atoms with Crippen molar-refractivity contribution < 1.29 is 4.79 Å².